The number of carbonyl (C=O) groups excluding carboxylic acids is 2. The van der Waals surface area contributed by atoms with Crippen molar-refractivity contribution in [1.29, 1.82) is 0 Å². The summed E-state index contributed by atoms with van der Waals surface area (Å²) in [7, 11) is 0. The minimum Gasteiger partial charge on any atom is -0.477 e. The highest BCUT2D eigenvalue weighted by atomic mass is 35.5. The second kappa shape index (κ2) is 6.90. The first-order valence-electron chi connectivity index (χ1n) is 7.53. The molecule has 1 aromatic carbocycles. The first-order chi connectivity index (χ1) is 12.0. The summed E-state index contributed by atoms with van der Waals surface area (Å²) < 4.78 is 0. The van der Waals surface area contributed by atoms with Crippen LogP contribution in [0.4, 0.5) is 5.69 Å². The van der Waals surface area contributed by atoms with Crippen LogP contribution in [-0.4, -0.2) is 40.5 Å². The van der Waals surface area contributed by atoms with Gasteiger partial charge in [-0.15, -0.1) is 0 Å². The molecule has 1 atom stereocenters. The van der Waals surface area contributed by atoms with Crippen LogP contribution >= 0.6 is 11.6 Å². The van der Waals surface area contributed by atoms with Gasteiger partial charge in [0.15, 0.2) is 0 Å². The minimum absolute atomic E-state index is 0.154. The number of aromatic nitrogens is 1. The molecule has 0 saturated carbocycles. The van der Waals surface area contributed by atoms with Crippen LogP contribution in [0.3, 0.4) is 0 Å². The summed E-state index contributed by atoms with van der Waals surface area (Å²) in [4.78, 5) is 40.8. The molecular weight excluding hydrogens is 346 g/mol. The lowest BCUT2D eigenvalue weighted by Gasteiger charge is -2.18. The Labute approximate surface area is 148 Å². The third-order valence-corrected chi connectivity index (χ3v) is 4.22. The molecule has 1 saturated heterocycles. The third kappa shape index (κ3) is 3.46. The van der Waals surface area contributed by atoms with Crippen molar-refractivity contribution in [3.05, 3.63) is 58.9 Å². The molecule has 8 heteroatoms. The Morgan fingerprint density at radius 2 is 2.00 bits per heavy atom. The first-order valence-corrected chi connectivity index (χ1v) is 7.91. The zero-order valence-electron chi connectivity index (χ0n) is 13.0. The highest BCUT2D eigenvalue weighted by Crippen LogP contribution is 2.29. The highest BCUT2D eigenvalue weighted by Gasteiger charge is 2.34. The normalized spacial score (nSPS) is 16.8. The second-order valence-corrected chi connectivity index (χ2v) is 5.90. The second-order valence-electron chi connectivity index (χ2n) is 5.49. The van der Waals surface area contributed by atoms with Crippen LogP contribution in [0.2, 0.25) is 5.02 Å². The molecule has 3 rings (SSSR count). The lowest BCUT2D eigenvalue weighted by molar-refractivity contribution is -0.118. The van der Waals surface area contributed by atoms with E-state index in [4.69, 9.17) is 16.7 Å². The predicted molar refractivity (Wildman–Crippen MR) is 90.9 cm³/mol. The molecule has 1 fully saturated rings. The van der Waals surface area contributed by atoms with E-state index >= 15 is 0 Å². The molecule has 25 heavy (non-hydrogen) atoms. The fourth-order valence-electron chi connectivity index (χ4n) is 2.62. The Balaban J connectivity index is 1.69. The van der Waals surface area contributed by atoms with Gasteiger partial charge in [-0.25, -0.2) is 9.78 Å². The van der Waals surface area contributed by atoms with Crippen LogP contribution in [0.25, 0.3) is 0 Å². The van der Waals surface area contributed by atoms with E-state index < -0.39 is 17.9 Å². The molecular formula is C17H14ClN3O4. The van der Waals surface area contributed by atoms with Gasteiger partial charge in [0.1, 0.15) is 11.7 Å². The van der Waals surface area contributed by atoms with Crippen LogP contribution in [0.5, 0.6) is 0 Å². The zero-order chi connectivity index (χ0) is 18.0. The molecule has 2 N–H and O–H groups in total. The van der Waals surface area contributed by atoms with Gasteiger partial charge in [-0.1, -0.05) is 23.7 Å². The Morgan fingerprint density at radius 3 is 2.64 bits per heavy atom. The van der Waals surface area contributed by atoms with E-state index in [1.54, 1.807) is 29.2 Å². The Hall–Kier alpha value is -2.93. The number of halogens is 1. The molecule has 0 spiro atoms. The van der Waals surface area contributed by atoms with E-state index in [2.05, 4.69) is 10.3 Å². The number of hydrogen-bond donors (Lipinski definition) is 2. The molecule has 2 amide bonds. The molecule has 1 aromatic heterocycles. The van der Waals surface area contributed by atoms with Crippen LogP contribution < -0.4 is 10.2 Å². The number of rotatable bonds is 4. The van der Waals surface area contributed by atoms with Gasteiger partial charge in [0.05, 0.1) is 16.3 Å². The van der Waals surface area contributed by atoms with E-state index in [1.165, 1.54) is 18.3 Å². The van der Waals surface area contributed by atoms with E-state index in [0.717, 1.165) is 0 Å². The van der Waals surface area contributed by atoms with Crippen LogP contribution in [0, 0.1) is 0 Å². The van der Waals surface area contributed by atoms with Gasteiger partial charge in [0, 0.05) is 12.7 Å². The number of carbonyl (C=O) groups is 3. The van der Waals surface area contributed by atoms with Crippen molar-refractivity contribution in [2.24, 2.45) is 0 Å². The van der Waals surface area contributed by atoms with Gasteiger partial charge in [0.2, 0.25) is 5.91 Å². The maximum absolute atomic E-state index is 12.5. The fraction of sp³-hybridized carbons (Fsp3) is 0.176. The molecule has 128 valence electrons. The van der Waals surface area contributed by atoms with Crippen molar-refractivity contribution in [1.82, 2.24) is 10.3 Å². The number of nitrogens with one attached hydrogen (secondary N) is 1. The van der Waals surface area contributed by atoms with Gasteiger partial charge in [-0.05, 0) is 30.7 Å². The summed E-state index contributed by atoms with van der Waals surface area (Å²) >= 11 is 6.12. The number of hydrogen-bond acceptors (Lipinski definition) is 4. The lowest BCUT2D eigenvalue weighted by Crippen LogP contribution is -2.41. The van der Waals surface area contributed by atoms with Crippen molar-refractivity contribution < 1.29 is 19.5 Å². The topological polar surface area (TPSA) is 99.6 Å². The molecule has 0 bridgehead atoms. The number of para-hydroxylation sites is 1. The van der Waals surface area contributed by atoms with Crippen molar-refractivity contribution in [2.75, 3.05) is 11.4 Å². The number of aromatic carboxylic acids is 1. The highest BCUT2D eigenvalue weighted by molar-refractivity contribution is 6.34. The number of benzene rings is 1. The standard InChI is InChI=1S/C17H14ClN3O4/c18-11-3-1-2-4-14(11)21-8-7-12(16(21)23)20-15(22)10-5-6-13(17(24)25)19-9-10/h1-6,9,12H,7-8H2,(H,20,22)(H,24,25). The average Bonchev–Trinajstić information content (AvgIpc) is 2.96. The van der Waals surface area contributed by atoms with Gasteiger partial charge >= 0.3 is 5.97 Å². The molecule has 0 radical (unpaired) electrons. The number of carboxylic acids is 1. The molecule has 1 aliphatic rings. The number of anilines is 1. The summed E-state index contributed by atoms with van der Waals surface area (Å²) in [6.07, 6.45) is 1.63. The summed E-state index contributed by atoms with van der Waals surface area (Å²) in [5.41, 5.74) is 0.644. The van der Waals surface area contributed by atoms with E-state index in [1.807, 2.05) is 0 Å². The van der Waals surface area contributed by atoms with Crippen molar-refractivity contribution >= 4 is 35.1 Å². The van der Waals surface area contributed by atoms with Gasteiger partial charge in [-0.2, -0.15) is 0 Å². The van der Waals surface area contributed by atoms with Gasteiger partial charge in [-0.3, -0.25) is 9.59 Å². The van der Waals surface area contributed by atoms with Crippen molar-refractivity contribution in [3.8, 4) is 0 Å². The summed E-state index contributed by atoms with van der Waals surface area (Å²) in [5, 5.41) is 11.9. The first kappa shape index (κ1) is 16.9. The summed E-state index contributed by atoms with van der Waals surface area (Å²) in [6.45, 7) is 0.448. The number of amides is 2. The Kier molecular flexibility index (Phi) is 4.67. The van der Waals surface area contributed by atoms with Crippen LogP contribution in [-0.2, 0) is 4.79 Å². The van der Waals surface area contributed by atoms with E-state index in [-0.39, 0.29) is 17.2 Å². The molecule has 2 aromatic rings. The molecule has 1 unspecified atom stereocenters. The smallest absolute Gasteiger partial charge is 0.354 e. The van der Waals surface area contributed by atoms with Gasteiger partial charge in [0.25, 0.3) is 5.91 Å². The third-order valence-electron chi connectivity index (χ3n) is 3.90. The predicted octanol–water partition coefficient (Wildman–Crippen LogP) is 1.97. The summed E-state index contributed by atoms with van der Waals surface area (Å²) in [5.74, 6) is -1.89. The molecule has 2 heterocycles. The SMILES string of the molecule is O=C(NC1CCN(c2ccccc2Cl)C1=O)c1ccc(C(=O)O)nc1. The quantitative estimate of drug-likeness (QED) is 0.869. The van der Waals surface area contributed by atoms with Crippen molar-refractivity contribution in [2.45, 2.75) is 12.5 Å². The van der Waals surface area contributed by atoms with E-state index in [9.17, 15) is 14.4 Å². The van der Waals surface area contributed by atoms with Crippen molar-refractivity contribution in [3.63, 3.8) is 0 Å². The molecule has 1 aliphatic heterocycles. The number of carboxylic acid groups (broad SMARTS) is 1. The molecule has 7 nitrogen and oxygen atoms in total. The monoisotopic (exact) mass is 359 g/mol. The number of nitrogens with zero attached hydrogens (tertiary/aromatic N) is 2. The number of pyridine rings is 1. The van der Waals surface area contributed by atoms with E-state index in [0.29, 0.717) is 23.7 Å². The largest absolute Gasteiger partial charge is 0.477 e. The Morgan fingerprint density at radius 1 is 1.24 bits per heavy atom. The maximum atomic E-state index is 12.5. The lowest BCUT2D eigenvalue weighted by atomic mass is 10.2. The van der Waals surface area contributed by atoms with Crippen LogP contribution in [0.1, 0.15) is 27.3 Å². The Bertz CT molecular complexity index is 838. The minimum atomic E-state index is -1.17. The fourth-order valence-corrected chi connectivity index (χ4v) is 2.86. The average molecular weight is 360 g/mol. The molecule has 0 aliphatic carbocycles. The van der Waals surface area contributed by atoms with Crippen LogP contribution in [0.15, 0.2) is 42.6 Å². The summed E-state index contributed by atoms with van der Waals surface area (Å²) in [6, 6.07) is 8.95. The van der Waals surface area contributed by atoms with Gasteiger partial charge < -0.3 is 15.3 Å². The maximum Gasteiger partial charge on any atom is 0.354 e. The zero-order valence-corrected chi connectivity index (χ0v) is 13.7.